The van der Waals surface area contributed by atoms with Gasteiger partial charge in [0.1, 0.15) is 0 Å². The molecule has 0 aliphatic heterocycles. The van der Waals surface area contributed by atoms with Crippen LogP contribution in [0.25, 0.3) is 33.0 Å². The van der Waals surface area contributed by atoms with E-state index < -0.39 is 0 Å². The van der Waals surface area contributed by atoms with Crippen molar-refractivity contribution in [3.05, 3.63) is 152 Å². The molecule has 1 heteroatoms. The Morgan fingerprint density at radius 1 is 0.286 bits per heavy atom. The first kappa shape index (κ1) is 20.9. The third kappa shape index (κ3) is 4.32. The second kappa shape index (κ2) is 9.32. The first-order valence-electron chi connectivity index (χ1n) is 12.0. The van der Waals surface area contributed by atoms with Crippen LogP contribution in [0.5, 0.6) is 0 Å². The van der Waals surface area contributed by atoms with Gasteiger partial charge in [-0.05, 0) is 69.4 Å². The lowest BCUT2D eigenvalue weighted by atomic mass is 10.0. The maximum Gasteiger partial charge on any atom is 0.0468 e. The van der Waals surface area contributed by atoms with Crippen LogP contribution in [0.4, 0.5) is 17.1 Å². The number of fused-ring (bicyclic) bond motifs is 1. The predicted molar refractivity (Wildman–Crippen MR) is 150 cm³/mol. The van der Waals surface area contributed by atoms with Crippen molar-refractivity contribution in [2.75, 3.05) is 4.90 Å². The summed E-state index contributed by atoms with van der Waals surface area (Å²) in [5.74, 6) is 0. The molecule has 0 amide bonds. The Balaban J connectivity index is 1.43. The van der Waals surface area contributed by atoms with Gasteiger partial charge in [-0.2, -0.15) is 0 Å². The van der Waals surface area contributed by atoms with Crippen LogP contribution in [0.2, 0.25) is 0 Å². The third-order valence-electron chi connectivity index (χ3n) is 6.46. The van der Waals surface area contributed by atoms with Crippen molar-refractivity contribution in [1.82, 2.24) is 0 Å². The molecule has 35 heavy (non-hydrogen) atoms. The van der Waals surface area contributed by atoms with Gasteiger partial charge < -0.3 is 4.90 Å². The Bertz CT molecular complexity index is 1470. The number of rotatable bonds is 5. The van der Waals surface area contributed by atoms with Gasteiger partial charge in [-0.3, -0.25) is 0 Å². The maximum absolute atomic E-state index is 2.33. The van der Waals surface area contributed by atoms with E-state index in [1.165, 1.54) is 33.0 Å². The van der Waals surface area contributed by atoms with E-state index in [-0.39, 0.29) is 0 Å². The van der Waals surface area contributed by atoms with Crippen LogP contribution in [0.3, 0.4) is 0 Å². The van der Waals surface area contributed by atoms with E-state index >= 15 is 0 Å². The fraction of sp³-hybridized carbons (Fsp3) is 0. The van der Waals surface area contributed by atoms with Crippen LogP contribution >= 0.6 is 0 Å². The third-order valence-corrected chi connectivity index (χ3v) is 6.46. The Morgan fingerprint density at radius 3 is 1.20 bits per heavy atom. The molecule has 0 bridgehead atoms. The molecule has 6 rings (SSSR count). The maximum atomic E-state index is 2.33. The van der Waals surface area contributed by atoms with E-state index in [4.69, 9.17) is 0 Å². The minimum atomic E-state index is 1.13. The number of hydrogen-bond acceptors (Lipinski definition) is 1. The van der Waals surface area contributed by atoms with Crippen molar-refractivity contribution in [2.45, 2.75) is 0 Å². The molecular weight excluding hydrogens is 422 g/mol. The van der Waals surface area contributed by atoms with Crippen LogP contribution in [-0.2, 0) is 0 Å². The molecule has 0 spiro atoms. The van der Waals surface area contributed by atoms with Gasteiger partial charge in [0, 0.05) is 17.1 Å². The Morgan fingerprint density at radius 2 is 0.686 bits per heavy atom. The molecule has 6 aromatic rings. The molecule has 0 atom stereocenters. The summed E-state index contributed by atoms with van der Waals surface area (Å²) in [5.41, 5.74) is 8.29. The average Bonchev–Trinajstić information content (AvgIpc) is 2.95. The summed E-state index contributed by atoms with van der Waals surface area (Å²) in [6.07, 6.45) is 0. The summed E-state index contributed by atoms with van der Waals surface area (Å²) in [5, 5.41) is 2.48. The van der Waals surface area contributed by atoms with E-state index in [1.807, 2.05) is 0 Å². The molecule has 0 N–H and O–H groups in total. The van der Waals surface area contributed by atoms with Crippen molar-refractivity contribution >= 4 is 27.8 Å². The fourth-order valence-corrected chi connectivity index (χ4v) is 4.63. The Hall–Kier alpha value is -4.62. The minimum absolute atomic E-state index is 1.13. The number of benzene rings is 6. The van der Waals surface area contributed by atoms with Crippen LogP contribution in [-0.4, -0.2) is 0 Å². The Labute approximate surface area is 206 Å². The zero-order chi connectivity index (χ0) is 23.5. The molecule has 0 aromatic heterocycles. The highest BCUT2D eigenvalue weighted by molar-refractivity contribution is 5.89. The first-order chi connectivity index (χ1) is 17.3. The van der Waals surface area contributed by atoms with Crippen LogP contribution in [0.15, 0.2) is 152 Å². The molecule has 0 heterocycles. The largest absolute Gasteiger partial charge is 0.310 e. The van der Waals surface area contributed by atoms with Crippen molar-refractivity contribution in [1.29, 1.82) is 0 Å². The zero-order valence-electron chi connectivity index (χ0n) is 19.4. The summed E-state index contributed by atoms with van der Waals surface area (Å²) < 4.78 is 0. The van der Waals surface area contributed by atoms with Crippen molar-refractivity contribution in [3.8, 4) is 22.3 Å². The van der Waals surface area contributed by atoms with Crippen LogP contribution in [0, 0.1) is 0 Å². The van der Waals surface area contributed by atoms with Crippen molar-refractivity contribution < 1.29 is 0 Å². The highest BCUT2D eigenvalue weighted by atomic mass is 15.1. The van der Waals surface area contributed by atoms with Gasteiger partial charge >= 0.3 is 0 Å². The molecule has 6 aromatic carbocycles. The van der Waals surface area contributed by atoms with Gasteiger partial charge in [0.25, 0.3) is 0 Å². The fourth-order valence-electron chi connectivity index (χ4n) is 4.63. The number of nitrogens with zero attached hydrogens (tertiary/aromatic N) is 1. The Kier molecular flexibility index (Phi) is 5.58. The van der Waals surface area contributed by atoms with Gasteiger partial charge in [-0.25, -0.2) is 0 Å². The van der Waals surface area contributed by atoms with E-state index in [9.17, 15) is 0 Å². The first-order valence-corrected chi connectivity index (χ1v) is 12.0. The molecule has 0 fully saturated rings. The average molecular weight is 448 g/mol. The lowest BCUT2D eigenvalue weighted by Gasteiger charge is -2.26. The normalized spacial score (nSPS) is 10.9. The smallest absolute Gasteiger partial charge is 0.0468 e. The van der Waals surface area contributed by atoms with Crippen molar-refractivity contribution in [3.63, 3.8) is 0 Å². The minimum Gasteiger partial charge on any atom is -0.310 e. The molecule has 0 aliphatic rings. The summed E-state index contributed by atoms with van der Waals surface area (Å²) in [7, 11) is 0. The zero-order valence-corrected chi connectivity index (χ0v) is 19.4. The predicted octanol–water partition coefficient (Wildman–Crippen LogP) is 9.64. The molecule has 0 radical (unpaired) electrons. The van der Waals surface area contributed by atoms with Crippen molar-refractivity contribution in [2.24, 2.45) is 0 Å². The molecule has 0 saturated carbocycles. The molecule has 0 saturated heterocycles. The van der Waals surface area contributed by atoms with Gasteiger partial charge in [0.05, 0.1) is 0 Å². The summed E-state index contributed by atoms with van der Waals surface area (Å²) in [4.78, 5) is 2.33. The summed E-state index contributed by atoms with van der Waals surface area (Å²) in [6.45, 7) is 0. The van der Waals surface area contributed by atoms with Crippen LogP contribution < -0.4 is 4.90 Å². The standard InChI is InChI=1S/C34H25N/c1-3-9-26(10-4-1)29-15-20-32(21-16-29)35(34-24-19-28-13-7-8-14-31(28)25-34)33-22-17-30(18-23-33)27-11-5-2-6-12-27/h1-25H. The lowest BCUT2D eigenvalue weighted by Crippen LogP contribution is -2.09. The number of anilines is 3. The lowest BCUT2D eigenvalue weighted by molar-refractivity contribution is 1.29. The summed E-state index contributed by atoms with van der Waals surface area (Å²) in [6, 6.07) is 53.9. The number of hydrogen-bond donors (Lipinski definition) is 0. The molecule has 1 nitrogen and oxygen atoms in total. The quantitative estimate of drug-likeness (QED) is 0.254. The van der Waals surface area contributed by atoms with Crippen LogP contribution in [0.1, 0.15) is 0 Å². The molecule has 0 unspecified atom stereocenters. The second-order valence-corrected chi connectivity index (χ2v) is 8.69. The highest BCUT2D eigenvalue weighted by Gasteiger charge is 2.14. The van der Waals surface area contributed by atoms with Gasteiger partial charge in [-0.15, -0.1) is 0 Å². The monoisotopic (exact) mass is 447 g/mol. The second-order valence-electron chi connectivity index (χ2n) is 8.69. The molecular formula is C34H25N. The topological polar surface area (TPSA) is 3.24 Å². The SMILES string of the molecule is c1ccc(-c2ccc(N(c3ccc(-c4ccccc4)cc3)c3ccc4ccccc4c3)cc2)cc1. The van der Waals surface area contributed by atoms with Gasteiger partial charge in [-0.1, -0.05) is 115 Å². The van der Waals surface area contributed by atoms with E-state index in [2.05, 4.69) is 157 Å². The van der Waals surface area contributed by atoms with Gasteiger partial charge in [0.15, 0.2) is 0 Å². The summed E-state index contributed by atoms with van der Waals surface area (Å²) >= 11 is 0. The van der Waals surface area contributed by atoms with E-state index in [1.54, 1.807) is 0 Å². The van der Waals surface area contributed by atoms with Gasteiger partial charge in [0.2, 0.25) is 0 Å². The molecule has 166 valence electrons. The van der Waals surface area contributed by atoms with E-state index in [0.29, 0.717) is 0 Å². The molecule has 0 aliphatic carbocycles. The highest BCUT2D eigenvalue weighted by Crippen LogP contribution is 2.37. The van der Waals surface area contributed by atoms with E-state index in [0.717, 1.165) is 17.1 Å².